The molecule has 0 bridgehead atoms. The number of benzene rings is 2. The van der Waals surface area contributed by atoms with Crippen molar-refractivity contribution in [3.05, 3.63) is 71.9 Å². The van der Waals surface area contributed by atoms with E-state index in [1.165, 1.54) is 10.9 Å². The molecule has 4 nitrogen and oxygen atoms in total. The zero-order valence-electron chi connectivity index (χ0n) is 13.4. The molecule has 3 aromatic rings. The number of aromatic amines is 1. The molecule has 1 aromatic heterocycles. The van der Waals surface area contributed by atoms with Gasteiger partial charge in [0.1, 0.15) is 5.41 Å². The Bertz CT molecular complexity index is 871. The van der Waals surface area contributed by atoms with E-state index in [0.717, 1.165) is 24.2 Å². The Morgan fingerprint density at radius 1 is 1.12 bits per heavy atom. The maximum absolute atomic E-state index is 12.1. The SMILES string of the molecule is O=C(O)[C@@]1(c2ccccc2)CCN(Cc2cccc3[nH]ccc23)C1. The van der Waals surface area contributed by atoms with Crippen LogP contribution in [0.1, 0.15) is 17.5 Å². The van der Waals surface area contributed by atoms with Crippen molar-refractivity contribution in [1.29, 1.82) is 0 Å². The number of hydrogen-bond acceptors (Lipinski definition) is 2. The third-order valence-electron chi connectivity index (χ3n) is 5.16. The lowest BCUT2D eigenvalue weighted by molar-refractivity contribution is -0.143. The van der Waals surface area contributed by atoms with Gasteiger partial charge in [-0.1, -0.05) is 42.5 Å². The second-order valence-electron chi connectivity index (χ2n) is 6.57. The topological polar surface area (TPSA) is 56.3 Å². The highest BCUT2D eigenvalue weighted by Crippen LogP contribution is 2.36. The van der Waals surface area contributed by atoms with Crippen LogP contribution in [0.25, 0.3) is 10.9 Å². The zero-order valence-corrected chi connectivity index (χ0v) is 13.4. The highest BCUT2D eigenvalue weighted by atomic mass is 16.4. The Balaban J connectivity index is 1.61. The lowest BCUT2D eigenvalue weighted by Gasteiger charge is -2.25. The number of nitrogens with zero attached hydrogens (tertiary/aromatic N) is 1. The quantitative estimate of drug-likeness (QED) is 0.774. The first-order valence-corrected chi connectivity index (χ1v) is 8.25. The van der Waals surface area contributed by atoms with E-state index >= 15 is 0 Å². The number of carbonyl (C=O) groups is 1. The van der Waals surface area contributed by atoms with Crippen molar-refractivity contribution in [2.75, 3.05) is 13.1 Å². The molecule has 1 saturated heterocycles. The summed E-state index contributed by atoms with van der Waals surface area (Å²) in [6.45, 7) is 2.12. The number of fused-ring (bicyclic) bond motifs is 1. The molecule has 0 aliphatic carbocycles. The number of aliphatic carboxylic acids is 1. The summed E-state index contributed by atoms with van der Waals surface area (Å²) in [5, 5.41) is 11.1. The molecule has 1 aliphatic heterocycles. The monoisotopic (exact) mass is 320 g/mol. The van der Waals surface area contributed by atoms with Crippen LogP contribution in [0.15, 0.2) is 60.8 Å². The second-order valence-corrected chi connectivity index (χ2v) is 6.57. The van der Waals surface area contributed by atoms with Crippen LogP contribution >= 0.6 is 0 Å². The molecule has 0 spiro atoms. The third-order valence-corrected chi connectivity index (χ3v) is 5.16. The standard InChI is InChI=1S/C20H20N2O2/c23-19(24)20(16-6-2-1-3-7-16)10-12-22(14-20)13-15-5-4-8-18-17(15)9-11-21-18/h1-9,11,21H,10,12-14H2,(H,23,24)/t20-/m0/s1. The van der Waals surface area contributed by atoms with E-state index < -0.39 is 11.4 Å². The van der Waals surface area contributed by atoms with Crippen molar-refractivity contribution < 1.29 is 9.90 Å². The predicted octanol–water partition coefficient (Wildman–Crippen LogP) is 3.40. The molecule has 2 heterocycles. The highest BCUT2D eigenvalue weighted by Gasteiger charge is 2.46. The van der Waals surface area contributed by atoms with Crippen LogP contribution in [0, 0.1) is 0 Å². The highest BCUT2D eigenvalue weighted by molar-refractivity contribution is 5.83. The van der Waals surface area contributed by atoms with E-state index in [1.54, 1.807) is 0 Å². The van der Waals surface area contributed by atoms with Crippen LogP contribution in [-0.2, 0) is 16.8 Å². The minimum atomic E-state index is -0.798. The molecular weight excluding hydrogens is 300 g/mol. The molecule has 1 fully saturated rings. The third kappa shape index (κ3) is 2.39. The van der Waals surface area contributed by atoms with Crippen LogP contribution in [0.3, 0.4) is 0 Å². The Kier molecular flexibility index (Phi) is 3.62. The largest absolute Gasteiger partial charge is 0.481 e. The summed E-state index contributed by atoms with van der Waals surface area (Å²) in [6.07, 6.45) is 2.60. The average Bonchev–Trinajstić information content (AvgIpc) is 3.24. The molecule has 122 valence electrons. The summed E-state index contributed by atoms with van der Waals surface area (Å²) < 4.78 is 0. The first-order chi connectivity index (χ1) is 11.7. The minimum Gasteiger partial charge on any atom is -0.481 e. The molecule has 2 aromatic carbocycles. The van der Waals surface area contributed by atoms with Crippen molar-refractivity contribution >= 4 is 16.9 Å². The van der Waals surface area contributed by atoms with Crippen molar-refractivity contribution in [3.63, 3.8) is 0 Å². The summed E-state index contributed by atoms with van der Waals surface area (Å²) in [6, 6.07) is 18.0. The number of carboxylic acid groups (broad SMARTS) is 1. The molecule has 1 aliphatic rings. The smallest absolute Gasteiger partial charge is 0.315 e. The molecule has 0 amide bonds. The van der Waals surface area contributed by atoms with Gasteiger partial charge in [0.15, 0.2) is 0 Å². The summed E-state index contributed by atoms with van der Waals surface area (Å²) >= 11 is 0. The first kappa shape index (κ1) is 15.0. The molecule has 0 saturated carbocycles. The van der Waals surface area contributed by atoms with E-state index in [0.29, 0.717) is 13.0 Å². The number of rotatable bonds is 4. The fourth-order valence-corrected chi connectivity index (χ4v) is 3.84. The molecule has 4 heteroatoms. The zero-order chi connectivity index (χ0) is 16.6. The number of hydrogen-bond donors (Lipinski definition) is 2. The van der Waals surface area contributed by atoms with Crippen LogP contribution in [0.5, 0.6) is 0 Å². The maximum atomic E-state index is 12.1. The van der Waals surface area contributed by atoms with Gasteiger partial charge in [0.2, 0.25) is 0 Å². The van der Waals surface area contributed by atoms with E-state index in [9.17, 15) is 9.90 Å². The van der Waals surface area contributed by atoms with Gasteiger partial charge in [-0.05, 0) is 29.7 Å². The molecule has 0 radical (unpaired) electrons. The lowest BCUT2D eigenvalue weighted by atomic mass is 9.80. The Labute approximate surface area is 140 Å². The Hall–Kier alpha value is -2.59. The van der Waals surface area contributed by atoms with Gasteiger partial charge in [-0.25, -0.2) is 0 Å². The van der Waals surface area contributed by atoms with Gasteiger partial charge in [0, 0.05) is 36.7 Å². The summed E-state index contributed by atoms with van der Waals surface area (Å²) in [5.41, 5.74) is 2.47. The van der Waals surface area contributed by atoms with Crippen molar-refractivity contribution in [1.82, 2.24) is 9.88 Å². The van der Waals surface area contributed by atoms with Crippen molar-refractivity contribution in [3.8, 4) is 0 Å². The van der Waals surface area contributed by atoms with Crippen LogP contribution in [-0.4, -0.2) is 34.0 Å². The predicted molar refractivity (Wildman–Crippen MR) is 93.9 cm³/mol. The van der Waals surface area contributed by atoms with Gasteiger partial charge in [-0.3, -0.25) is 9.69 Å². The van der Waals surface area contributed by atoms with Crippen LogP contribution in [0.2, 0.25) is 0 Å². The molecule has 2 N–H and O–H groups in total. The normalized spacial score (nSPS) is 21.3. The molecule has 0 unspecified atom stereocenters. The van der Waals surface area contributed by atoms with E-state index in [4.69, 9.17) is 0 Å². The Morgan fingerprint density at radius 3 is 2.75 bits per heavy atom. The minimum absolute atomic E-state index is 0.549. The fourth-order valence-electron chi connectivity index (χ4n) is 3.84. The van der Waals surface area contributed by atoms with Gasteiger partial charge in [0.25, 0.3) is 0 Å². The molecule has 1 atom stereocenters. The second kappa shape index (κ2) is 5.80. The average molecular weight is 320 g/mol. The molecule has 24 heavy (non-hydrogen) atoms. The van der Waals surface area contributed by atoms with Gasteiger partial charge in [0.05, 0.1) is 0 Å². The summed E-state index contributed by atoms with van der Waals surface area (Å²) in [7, 11) is 0. The number of likely N-dealkylation sites (tertiary alicyclic amines) is 1. The van der Waals surface area contributed by atoms with E-state index in [2.05, 4.69) is 28.1 Å². The van der Waals surface area contributed by atoms with E-state index in [-0.39, 0.29) is 0 Å². The van der Waals surface area contributed by atoms with Crippen LogP contribution < -0.4 is 0 Å². The number of nitrogens with one attached hydrogen (secondary N) is 1. The Morgan fingerprint density at radius 2 is 1.96 bits per heavy atom. The van der Waals surface area contributed by atoms with Gasteiger partial charge >= 0.3 is 5.97 Å². The number of H-pyrrole nitrogens is 1. The first-order valence-electron chi connectivity index (χ1n) is 8.25. The lowest BCUT2D eigenvalue weighted by Crippen LogP contribution is -2.38. The molecular formula is C20H20N2O2. The summed E-state index contributed by atoms with van der Waals surface area (Å²) in [5.74, 6) is -0.726. The fraction of sp³-hybridized carbons (Fsp3) is 0.250. The van der Waals surface area contributed by atoms with Crippen LogP contribution in [0.4, 0.5) is 0 Å². The molecule has 4 rings (SSSR count). The number of aromatic nitrogens is 1. The van der Waals surface area contributed by atoms with E-state index in [1.807, 2.05) is 42.6 Å². The van der Waals surface area contributed by atoms with Gasteiger partial charge in [-0.2, -0.15) is 0 Å². The van der Waals surface area contributed by atoms with Crippen molar-refractivity contribution in [2.45, 2.75) is 18.4 Å². The van der Waals surface area contributed by atoms with Gasteiger partial charge in [-0.15, -0.1) is 0 Å². The van der Waals surface area contributed by atoms with Crippen molar-refractivity contribution in [2.24, 2.45) is 0 Å². The van der Waals surface area contributed by atoms with Gasteiger partial charge < -0.3 is 10.1 Å². The maximum Gasteiger partial charge on any atom is 0.315 e. The number of carboxylic acids is 1. The summed E-state index contributed by atoms with van der Waals surface area (Å²) in [4.78, 5) is 17.5.